The molecule has 74 valence electrons. The molecule has 2 aliphatic rings. The van der Waals surface area contributed by atoms with E-state index in [9.17, 15) is 13.6 Å². The predicted molar refractivity (Wildman–Crippen MR) is 40.7 cm³/mol. The molecule has 1 atom stereocenters. The monoisotopic (exact) mass is 191 g/mol. The Balaban J connectivity index is 1.97. The molecule has 0 aromatic rings. The zero-order valence-corrected chi connectivity index (χ0v) is 7.02. The number of carboxylic acid groups (broad SMARTS) is 1. The minimum atomic E-state index is -2.56. The molecule has 2 rings (SSSR count). The lowest BCUT2D eigenvalue weighted by Gasteiger charge is -2.44. The first-order valence-electron chi connectivity index (χ1n) is 4.27. The Kier molecular flexibility index (Phi) is 1.64. The first-order valence-corrected chi connectivity index (χ1v) is 4.27. The summed E-state index contributed by atoms with van der Waals surface area (Å²) in [5.74, 6) is -3.50. The zero-order valence-electron chi connectivity index (χ0n) is 7.02. The Morgan fingerprint density at radius 1 is 1.46 bits per heavy atom. The molecule has 1 heterocycles. The highest BCUT2D eigenvalue weighted by Gasteiger charge is 2.59. The van der Waals surface area contributed by atoms with E-state index in [4.69, 9.17) is 5.11 Å². The summed E-state index contributed by atoms with van der Waals surface area (Å²) in [5.41, 5.74) is -0.438. The van der Waals surface area contributed by atoms with Gasteiger partial charge < -0.3 is 10.4 Å². The highest BCUT2D eigenvalue weighted by atomic mass is 19.3. The predicted octanol–water partition coefficient (Wildman–Crippen LogP) is 0.848. The molecule has 0 amide bonds. The molecule has 0 bridgehead atoms. The van der Waals surface area contributed by atoms with E-state index in [1.165, 1.54) is 0 Å². The number of aliphatic carboxylic acids is 1. The summed E-state index contributed by atoms with van der Waals surface area (Å²) in [5, 5.41) is 11.4. The number of halogens is 2. The molecular weight excluding hydrogens is 180 g/mol. The van der Waals surface area contributed by atoms with Gasteiger partial charge in [-0.15, -0.1) is 0 Å². The van der Waals surface area contributed by atoms with E-state index in [2.05, 4.69) is 5.32 Å². The average molecular weight is 191 g/mol. The van der Waals surface area contributed by atoms with Crippen LogP contribution in [0.15, 0.2) is 0 Å². The largest absolute Gasteiger partial charge is 0.480 e. The summed E-state index contributed by atoms with van der Waals surface area (Å²) in [7, 11) is 0. The minimum Gasteiger partial charge on any atom is -0.480 e. The molecule has 1 aliphatic heterocycles. The van der Waals surface area contributed by atoms with E-state index in [-0.39, 0.29) is 12.8 Å². The van der Waals surface area contributed by atoms with Gasteiger partial charge >= 0.3 is 5.97 Å². The quantitative estimate of drug-likeness (QED) is 0.646. The van der Waals surface area contributed by atoms with Crippen molar-refractivity contribution in [3.05, 3.63) is 0 Å². The summed E-state index contributed by atoms with van der Waals surface area (Å²) in [4.78, 5) is 10.5. The molecule has 0 aromatic carbocycles. The lowest BCUT2D eigenvalue weighted by atomic mass is 9.65. The van der Waals surface area contributed by atoms with E-state index < -0.39 is 23.3 Å². The van der Waals surface area contributed by atoms with Crippen LogP contribution in [0.5, 0.6) is 0 Å². The summed E-state index contributed by atoms with van der Waals surface area (Å²) >= 11 is 0. The first-order chi connectivity index (χ1) is 5.93. The maximum absolute atomic E-state index is 12.6. The average Bonchev–Trinajstić information content (AvgIpc) is 2.29. The van der Waals surface area contributed by atoms with Crippen molar-refractivity contribution in [3.63, 3.8) is 0 Å². The molecule has 1 unspecified atom stereocenters. The van der Waals surface area contributed by atoms with Crippen molar-refractivity contribution in [3.8, 4) is 0 Å². The van der Waals surface area contributed by atoms with Gasteiger partial charge in [-0.05, 0) is 11.8 Å². The van der Waals surface area contributed by atoms with E-state index in [1.807, 2.05) is 0 Å². The standard InChI is InChI=1S/C8H11F2NO2/c9-8(10)2-7(3-8)1-5(6(12)13)11-4-7/h5,11H,1-4H2,(H,12,13). The van der Waals surface area contributed by atoms with Crippen LogP contribution in [0, 0.1) is 5.41 Å². The normalized spacial score (nSPS) is 34.5. The van der Waals surface area contributed by atoms with E-state index in [0.29, 0.717) is 13.0 Å². The van der Waals surface area contributed by atoms with E-state index in [1.54, 1.807) is 0 Å². The Bertz CT molecular complexity index is 247. The number of alkyl halides is 2. The molecule has 1 saturated heterocycles. The fourth-order valence-corrected chi connectivity index (χ4v) is 2.41. The molecule has 5 heteroatoms. The van der Waals surface area contributed by atoms with Crippen LogP contribution in [0.25, 0.3) is 0 Å². The van der Waals surface area contributed by atoms with Crippen molar-refractivity contribution in [1.29, 1.82) is 0 Å². The Hall–Kier alpha value is -0.710. The SMILES string of the molecule is O=C(O)C1CC2(CN1)CC(F)(F)C2. The van der Waals surface area contributed by atoms with Crippen molar-refractivity contribution in [2.75, 3.05) is 6.54 Å². The minimum absolute atomic E-state index is 0.156. The number of rotatable bonds is 1. The van der Waals surface area contributed by atoms with Crippen molar-refractivity contribution in [2.24, 2.45) is 5.41 Å². The number of carboxylic acids is 1. The summed E-state index contributed by atoms with van der Waals surface area (Å²) in [6.45, 7) is 0.416. The first kappa shape index (κ1) is 8.87. The molecular formula is C8H11F2NO2. The van der Waals surface area contributed by atoms with Crippen LogP contribution in [0.3, 0.4) is 0 Å². The van der Waals surface area contributed by atoms with Gasteiger partial charge in [0.25, 0.3) is 0 Å². The number of nitrogens with one attached hydrogen (secondary N) is 1. The van der Waals surface area contributed by atoms with Crippen LogP contribution in [0.2, 0.25) is 0 Å². The third-order valence-electron chi connectivity index (χ3n) is 2.93. The second-order valence-electron chi connectivity index (χ2n) is 4.19. The van der Waals surface area contributed by atoms with Crippen LogP contribution in [0.1, 0.15) is 19.3 Å². The van der Waals surface area contributed by atoms with Crippen molar-refractivity contribution >= 4 is 5.97 Å². The lowest BCUT2D eigenvalue weighted by molar-refractivity contribution is -0.156. The van der Waals surface area contributed by atoms with Gasteiger partial charge in [0.05, 0.1) is 0 Å². The van der Waals surface area contributed by atoms with Crippen molar-refractivity contribution < 1.29 is 18.7 Å². The summed E-state index contributed by atoms with van der Waals surface area (Å²) in [6, 6.07) is -0.629. The number of hydrogen-bond acceptors (Lipinski definition) is 2. The van der Waals surface area contributed by atoms with Gasteiger partial charge in [-0.3, -0.25) is 4.79 Å². The Morgan fingerprint density at radius 3 is 2.46 bits per heavy atom. The smallest absolute Gasteiger partial charge is 0.320 e. The number of carbonyl (C=O) groups is 1. The van der Waals surface area contributed by atoms with Crippen LogP contribution in [-0.2, 0) is 4.79 Å². The van der Waals surface area contributed by atoms with Gasteiger partial charge in [0.2, 0.25) is 5.92 Å². The van der Waals surface area contributed by atoms with Crippen LogP contribution in [0.4, 0.5) is 8.78 Å². The Labute approximate surface area is 74.1 Å². The van der Waals surface area contributed by atoms with E-state index >= 15 is 0 Å². The molecule has 1 aliphatic carbocycles. The molecule has 1 spiro atoms. The van der Waals surface area contributed by atoms with Gasteiger partial charge in [0.1, 0.15) is 6.04 Å². The van der Waals surface area contributed by atoms with Gasteiger partial charge in [0, 0.05) is 19.4 Å². The van der Waals surface area contributed by atoms with Crippen LogP contribution >= 0.6 is 0 Å². The summed E-state index contributed by atoms with van der Waals surface area (Å²) < 4.78 is 25.2. The molecule has 13 heavy (non-hydrogen) atoms. The lowest BCUT2D eigenvalue weighted by Crippen LogP contribution is -2.47. The van der Waals surface area contributed by atoms with Crippen LogP contribution in [-0.4, -0.2) is 29.6 Å². The van der Waals surface area contributed by atoms with Crippen molar-refractivity contribution in [1.82, 2.24) is 5.32 Å². The van der Waals surface area contributed by atoms with Crippen molar-refractivity contribution in [2.45, 2.75) is 31.2 Å². The highest BCUT2D eigenvalue weighted by Crippen LogP contribution is 2.55. The molecule has 3 nitrogen and oxygen atoms in total. The fraction of sp³-hybridized carbons (Fsp3) is 0.875. The fourth-order valence-electron chi connectivity index (χ4n) is 2.41. The van der Waals surface area contributed by atoms with Gasteiger partial charge in [0.15, 0.2) is 0 Å². The number of hydrogen-bond donors (Lipinski definition) is 2. The van der Waals surface area contributed by atoms with Gasteiger partial charge in [-0.1, -0.05) is 0 Å². The maximum Gasteiger partial charge on any atom is 0.320 e. The molecule has 2 fully saturated rings. The van der Waals surface area contributed by atoms with E-state index in [0.717, 1.165) is 0 Å². The summed E-state index contributed by atoms with van der Waals surface area (Å²) in [6.07, 6.45) is 0.0332. The Morgan fingerprint density at radius 2 is 2.08 bits per heavy atom. The van der Waals surface area contributed by atoms with Gasteiger partial charge in [-0.2, -0.15) is 0 Å². The topological polar surface area (TPSA) is 49.3 Å². The van der Waals surface area contributed by atoms with Gasteiger partial charge in [-0.25, -0.2) is 8.78 Å². The molecule has 0 aromatic heterocycles. The van der Waals surface area contributed by atoms with Crippen LogP contribution < -0.4 is 5.32 Å². The third kappa shape index (κ3) is 1.41. The highest BCUT2D eigenvalue weighted by molar-refractivity contribution is 5.74. The maximum atomic E-state index is 12.6. The second kappa shape index (κ2) is 2.41. The molecule has 2 N–H and O–H groups in total. The third-order valence-corrected chi connectivity index (χ3v) is 2.93. The second-order valence-corrected chi connectivity index (χ2v) is 4.19. The molecule has 1 saturated carbocycles. The zero-order chi connectivity index (χ0) is 9.69. The molecule has 0 radical (unpaired) electrons.